The SMILES string of the molecule is CCC(O)c1ccc(-c2cccc(C(=O)N(CC)CCOC)c2)cc1. The number of rotatable bonds is 8. The lowest BCUT2D eigenvalue weighted by atomic mass is 9.99. The Morgan fingerprint density at radius 2 is 1.84 bits per heavy atom. The fourth-order valence-electron chi connectivity index (χ4n) is 2.75. The van der Waals surface area contributed by atoms with E-state index in [1.165, 1.54) is 0 Å². The second-order valence-electron chi connectivity index (χ2n) is 6.00. The number of methoxy groups -OCH3 is 1. The summed E-state index contributed by atoms with van der Waals surface area (Å²) in [4.78, 5) is 14.5. The number of aliphatic hydroxyl groups is 1. The van der Waals surface area contributed by atoms with Gasteiger partial charge in [-0.05, 0) is 42.2 Å². The minimum Gasteiger partial charge on any atom is -0.388 e. The number of hydrogen-bond donors (Lipinski definition) is 1. The third-order valence-electron chi connectivity index (χ3n) is 4.36. The van der Waals surface area contributed by atoms with Crippen LogP contribution in [-0.2, 0) is 4.74 Å². The Kier molecular flexibility index (Phi) is 7.16. The van der Waals surface area contributed by atoms with E-state index in [0.717, 1.165) is 16.7 Å². The number of carbonyl (C=O) groups is 1. The van der Waals surface area contributed by atoms with E-state index in [4.69, 9.17) is 4.74 Å². The molecule has 4 nitrogen and oxygen atoms in total. The molecule has 0 radical (unpaired) electrons. The summed E-state index contributed by atoms with van der Waals surface area (Å²) < 4.78 is 5.08. The molecule has 0 spiro atoms. The first-order valence-electron chi connectivity index (χ1n) is 8.77. The summed E-state index contributed by atoms with van der Waals surface area (Å²) in [5.41, 5.74) is 3.61. The van der Waals surface area contributed by atoms with Crippen molar-refractivity contribution in [2.45, 2.75) is 26.4 Å². The highest BCUT2D eigenvalue weighted by molar-refractivity contribution is 5.95. The molecule has 0 heterocycles. The zero-order valence-corrected chi connectivity index (χ0v) is 15.2. The smallest absolute Gasteiger partial charge is 0.253 e. The molecular formula is C21H27NO3. The maximum Gasteiger partial charge on any atom is 0.253 e. The average molecular weight is 341 g/mol. The van der Waals surface area contributed by atoms with E-state index in [0.29, 0.717) is 31.7 Å². The van der Waals surface area contributed by atoms with Crippen LogP contribution in [0.2, 0.25) is 0 Å². The van der Waals surface area contributed by atoms with Crippen molar-refractivity contribution in [2.75, 3.05) is 26.8 Å². The summed E-state index contributed by atoms with van der Waals surface area (Å²) in [5, 5.41) is 9.91. The zero-order valence-electron chi connectivity index (χ0n) is 15.2. The number of ether oxygens (including phenoxy) is 1. The molecule has 1 N–H and O–H groups in total. The van der Waals surface area contributed by atoms with Gasteiger partial charge in [0, 0.05) is 25.8 Å². The molecule has 2 rings (SSSR count). The Labute approximate surface area is 150 Å². The Morgan fingerprint density at radius 1 is 1.12 bits per heavy atom. The van der Waals surface area contributed by atoms with Gasteiger partial charge in [0.15, 0.2) is 0 Å². The van der Waals surface area contributed by atoms with Crippen molar-refractivity contribution in [1.29, 1.82) is 0 Å². The van der Waals surface area contributed by atoms with E-state index in [1.807, 2.05) is 62.4 Å². The van der Waals surface area contributed by atoms with Gasteiger partial charge in [-0.3, -0.25) is 4.79 Å². The molecule has 0 fully saturated rings. The number of aliphatic hydroxyl groups excluding tert-OH is 1. The van der Waals surface area contributed by atoms with Crippen LogP contribution in [0.4, 0.5) is 0 Å². The maximum absolute atomic E-state index is 12.7. The van der Waals surface area contributed by atoms with Gasteiger partial charge >= 0.3 is 0 Å². The van der Waals surface area contributed by atoms with Crippen molar-refractivity contribution in [3.8, 4) is 11.1 Å². The topological polar surface area (TPSA) is 49.8 Å². The molecule has 0 aromatic heterocycles. The predicted octanol–water partition coefficient (Wildman–Crippen LogP) is 3.91. The monoisotopic (exact) mass is 341 g/mol. The summed E-state index contributed by atoms with van der Waals surface area (Å²) in [6.45, 7) is 5.68. The van der Waals surface area contributed by atoms with Crippen LogP contribution in [0.3, 0.4) is 0 Å². The Balaban J connectivity index is 2.21. The van der Waals surface area contributed by atoms with E-state index >= 15 is 0 Å². The molecule has 1 unspecified atom stereocenters. The molecule has 0 saturated carbocycles. The van der Waals surface area contributed by atoms with Crippen molar-refractivity contribution in [2.24, 2.45) is 0 Å². The van der Waals surface area contributed by atoms with Gasteiger partial charge in [-0.1, -0.05) is 43.3 Å². The summed E-state index contributed by atoms with van der Waals surface area (Å²) in [6, 6.07) is 15.5. The molecule has 1 amide bonds. The van der Waals surface area contributed by atoms with Crippen LogP contribution < -0.4 is 0 Å². The number of nitrogens with zero attached hydrogens (tertiary/aromatic N) is 1. The molecule has 0 aliphatic heterocycles. The van der Waals surface area contributed by atoms with Gasteiger partial charge in [-0.2, -0.15) is 0 Å². The highest BCUT2D eigenvalue weighted by atomic mass is 16.5. The number of amides is 1. The van der Waals surface area contributed by atoms with E-state index in [-0.39, 0.29) is 5.91 Å². The van der Waals surface area contributed by atoms with Gasteiger partial charge in [0.1, 0.15) is 0 Å². The van der Waals surface area contributed by atoms with E-state index < -0.39 is 6.10 Å². The summed E-state index contributed by atoms with van der Waals surface area (Å²) in [6.07, 6.45) is 0.262. The fraction of sp³-hybridized carbons (Fsp3) is 0.381. The molecule has 0 bridgehead atoms. The lowest BCUT2D eigenvalue weighted by molar-refractivity contribution is 0.0706. The van der Waals surface area contributed by atoms with Gasteiger partial charge in [0.05, 0.1) is 12.7 Å². The molecule has 0 saturated heterocycles. The standard InChI is InChI=1S/C21H27NO3/c1-4-20(23)17-11-9-16(10-12-17)18-7-6-8-19(15-18)21(24)22(5-2)13-14-25-3/h6-12,15,20,23H,4-5,13-14H2,1-3H3. The average Bonchev–Trinajstić information content (AvgIpc) is 2.68. The van der Waals surface area contributed by atoms with E-state index in [9.17, 15) is 9.90 Å². The van der Waals surface area contributed by atoms with Crippen molar-refractivity contribution in [3.05, 3.63) is 59.7 Å². The molecule has 0 aliphatic carbocycles. The quantitative estimate of drug-likeness (QED) is 0.792. The summed E-state index contributed by atoms with van der Waals surface area (Å²) in [5.74, 6) is 0.0134. The Morgan fingerprint density at radius 3 is 2.44 bits per heavy atom. The minimum absolute atomic E-state index is 0.0134. The van der Waals surface area contributed by atoms with Crippen LogP contribution in [0.15, 0.2) is 48.5 Å². The number of carbonyl (C=O) groups excluding carboxylic acids is 1. The van der Waals surface area contributed by atoms with Crippen molar-refractivity contribution < 1.29 is 14.6 Å². The van der Waals surface area contributed by atoms with E-state index in [1.54, 1.807) is 12.0 Å². The van der Waals surface area contributed by atoms with Crippen LogP contribution in [0.5, 0.6) is 0 Å². The molecular weight excluding hydrogens is 314 g/mol. The second-order valence-corrected chi connectivity index (χ2v) is 6.00. The lowest BCUT2D eigenvalue weighted by Crippen LogP contribution is -2.33. The molecule has 0 aliphatic rings. The third-order valence-corrected chi connectivity index (χ3v) is 4.36. The van der Waals surface area contributed by atoms with Gasteiger partial charge in [-0.15, -0.1) is 0 Å². The highest BCUT2D eigenvalue weighted by Gasteiger charge is 2.14. The molecule has 4 heteroatoms. The molecule has 25 heavy (non-hydrogen) atoms. The first-order chi connectivity index (χ1) is 12.1. The predicted molar refractivity (Wildman–Crippen MR) is 101 cm³/mol. The normalized spacial score (nSPS) is 12.0. The van der Waals surface area contributed by atoms with Crippen LogP contribution in [0.1, 0.15) is 42.3 Å². The van der Waals surface area contributed by atoms with Gasteiger partial charge < -0.3 is 14.7 Å². The Hall–Kier alpha value is -2.17. The van der Waals surface area contributed by atoms with Gasteiger partial charge in [0.2, 0.25) is 0 Å². The molecule has 134 valence electrons. The Bertz CT molecular complexity index is 682. The first kappa shape index (κ1) is 19.2. The third kappa shape index (κ3) is 4.91. The van der Waals surface area contributed by atoms with Crippen LogP contribution in [0.25, 0.3) is 11.1 Å². The minimum atomic E-state index is -0.430. The van der Waals surface area contributed by atoms with Crippen LogP contribution in [0, 0.1) is 0 Å². The zero-order chi connectivity index (χ0) is 18.2. The van der Waals surface area contributed by atoms with Crippen molar-refractivity contribution >= 4 is 5.91 Å². The van der Waals surface area contributed by atoms with Gasteiger partial charge in [0.25, 0.3) is 5.91 Å². The van der Waals surface area contributed by atoms with Crippen LogP contribution in [-0.4, -0.2) is 42.7 Å². The van der Waals surface area contributed by atoms with Gasteiger partial charge in [-0.25, -0.2) is 0 Å². The second kappa shape index (κ2) is 9.35. The molecule has 1 atom stereocenters. The maximum atomic E-state index is 12.7. The number of hydrogen-bond acceptors (Lipinski definition) is 3. The molecule has 2 aromatic carbocycles. The largest absolute Gasteiger partial charge is 0.388 e. The molecule has 2 aromatic rings. The first-order valence-corrected chi connectivity index (χ1v) is 8.77. The van der Waals surface area contributed by atoms with E-state index in [2.05, 4.69) is 0 Å². The number of likely N-dealkylation sites (N-methyl/N-ethyl adjacent to an activating group) is 1. The summed E-state index contributed by atoms with van der Waals surface area (Å²) >= 11 is 0. The highest BCUT2D eigenvalue weighted by Crippen LogP contribution is 2.24. The van der Waals surface area contributed by atoms with Crippen molar-refractivity contribution in [3.63, 3.8) is 0 Å². The van der Waals surface area contributed by atoms with Crippen LogP contribution >= 0.6 is 0 Å². The fourth-order valence-corrected chi connectivity index (χ4v) is 2.75. The number of benzene rings is 2. The summed E-state index contributed by atoms with van der Waals surface area (Å²) in [7, 11) is 1.64. The lowest BCUT2D eigenvalue weighted by Gasteiger charge is -2.20. The van der Waals surface area contributed by atoms with Crippen molar-refractivity contribution in [1.82, 2.24) is 4.90 Å².